The lowest BCUT2D eigenvalue weighted by atomic mass is 9.94. The molecule has 0 unspecified atom stereocenters. The van der Waals surface area contributed by atoms with Gasteiger partial charge in [-0.2, -0.15) is 0 Å². The van der Waals surface area contributed by atoms with E-state index in [-0.39, 0.29) is 42.5 Å². The van der Waals surface area contributed by atoms with Crippen LogP contribution in [0.2, 0.25) is 0 Å². The van der Waals surface area contributed by atoms with Crippen molar-refractivity contribution in [1.82, 2.24) is 15.1 Å². The fourth-order valence-corrected chi connectivity index (χ4v) is 5.69. The molecule has 5 rings (SSSR count). The molecule has 2 fully saturated rings. The van der Waals surface area contributed by atoms with Gasteiger partial charge in [-0.25, -0.2) is 4.79 Å². The summed E-state index contributed by atoms with van der Waals surface area (Å²) in [6.07, 6.45) is 1.53. The van der Waals surface area contributed by atoms with Gasteiger partial charge in [0.15, 0.2) is 18.1 Å². The molecule has 3 atom stereocenters. The topological polar surface area (TPSA) is 98.8 Å². The third-order valence-electron chi connectivity index (χ3n) is 8.35. The van der Waals surface area contributed by atoms with Crippen LogP contribution in [-0.2, 0) is 9.47 Å². The zero-order chi connectivity index (χ0) is 30.3. The van der Waals surface area contributed by atoms with Crippen molar-refractivity contribution in [3.05, 3.63) is 53.6 Å². The molecular weight excluding hydrogens is 550 g/mol. The van der Waals surface area contributed by atoms with Crippen LogP contribution in [0.5, 0.6) is 17.2 Å². The zero-order valence-corrected chi connectivity index (χ0v) is 25.8. The molecule has 234 valence electrons. The fourth-order valence-electron chi connectivity index (χ4n) is 5.69. The molecule has 2 aliphatic heterocycles. The molecule has 0 radical (unpaired) electrons. The first kappa shape index (κ1) is 30.9. The smallest absolute Gasteiger partial charge is 0.413 e. The van der Waals surface area contributed by atoms with Crippen molar-refractivity contribution in [2.75, 3.05) is 53.1 Å². The molecule has 2 amide bonds. The van der Waals surface area contributed by atoms with Gasteiger partial charge in [0.2, 0.25) is 0 Å². The number of fused-ring (bicyclic) bond motifs is 1. The Morgan fingerprint density at radius 2 is 1.77 bits per heavy atom. The second-order valence-corrected chi connectivity index (χ2v) is 12.0. The minimum absolute atomic E-state index is 0.0111. The van der Waals surface area contributed by atoms with Gasteiger partial charge >= 0.3 is 6.09 Å². The van der Waals surface area contributed by atoms with E-state index in [0.29, 0.717) is 43.4 Å². The maximum absolute atomic E-state index is 13.8. The molecule has 0 spiro atoms. The van der Waals surface area contributed by atoms with E-state index in [1.54, 1.807) is 13.2 Å². The minimum Gasteiger partial charge on any atom is -0.493 e. The van der Waals surface area contributed by atoms with Crippen molar-refractivity contribution in [1.29, 1.82) is 0 Å². The predicted octanol–water partition coefficient (Wildman–Crippen LogP) is 4.50. The number of rotatable bonds is 13. The lowest BCUT2D eigenvalue weighted by Gasteiger charge is -2.34. The highest BCUT2D eigenvalue weighted by molar-refractivity contribution is 5.95. The average Bonchev–Trinajstić information content (AvgIpc) is 3.75. The summed E-state index contributed by atoms with van der Waals surface area (Å²) in [5, 5.41) is 3.50. The lowest BCUT2D eigenvalue weighted by molar-refractivity contribution is -0.0858. The van der Waals surface area contributed by atoms with Gasteiger partial charge in [0.1, 0.15) is 5.75 Å². The Balaban J connectivity index is 1.21. The van der Waals surface area contributed by atoms with Crippen LogP contribution in [0.15, 0.2) is 42.5 Å². The molecule has 43 heavy (non-hydrogen) atoms. The second kappa shape index (κ2) is 14.3. The van der Waals surface area contributed by atoms with Gasteiger partial charge < -0.3 is 38.8 Å². The molecular formula is C33H45N3O7. The van der Waals surface area contributed by atoms with Crippen LogP contribution in [0.3, 0.4) is 0 Å². The monoisotopic (exact) mass is 595 g/mol. The van der Waals surface area contributed by atoms with E-state index in [2.05, 4.69) is 5.32 Å². The number of amides is 2. The zero-order valence-electron chi connectivity index (χ0n) is 25.8. The summed E-state index contributed by atoms with van der Waals surface area (Å²) in [7, 11) is 1.67. The first-order valence-corrected chi connectivity index (χ1v) is 15.4. The largest absolute Gasteiger partial charge is 0.493 e. The Hall–Kier alpha value is -3.50. The Morgan fingerprint density at radius 3 is 2.49 bits per heavy atom. The van der Waals surface area contributed by atoms with Crippen LogP contribution in [0.4, 0.5) is 4.79 Å². The van der Waals surface area contributed by atoms with E-state index in [4.69, 9.17) is 23.7 Å². The van der Waals surface area contributed by atoms with E-state index >= 15 is 0 Å². The summed E-state index contributed by atoms with van der Waals surface area (Å²) in [4.78, 5) is 30.9. The minimum atomic E-state index is -0.793. The summed E-state index contributed by atoms with van der Waals surface area (Å²) in [6.45, 7) is 10.1. The van der Waals surface area contributed by atoms with Crippen molar-refractivity contribution < 1.29 is 33.3 Å². The van der Waals surface area contributed by atoms with Gasteiger partial charge in [-0.15, -0.1) is 0 Å². The van der Waals surface area contributed by atoms with E-state index in [9.17, 15) is 9.59 Å². The maximum atomic E-state index is 13.8. The maximum Gasteiger partial charge on any atom is 0.413 e. The number of ether oxygens (including phenoxy) is 5. The molecule has 3 aliphatic rings. The molecule has 2 aromatic rings. The van der Waals surface area contributed by atoms with Crippen LogP contribution in [0, 0.1) is 18.8 Å². The number of para-hydroxylation sites is 2. The summed E-state index contributed by atoms with van der Waals surface area (Å²) >= 11 is 0. The van der Waals surface area contributed by atoms with Gasteiger partial charge in [0, 0.05) is 64.0 Å². The third-order valence-corrected chi connectivity index (χ3v) is 8.35. The van der Waals surface area contributed by atoms with Crippen LogP contribution in [0.25, 0.3) is 0 Å². The van der Waals surface area contributed by atoms with E-state index < -0.39 is 6.29 Å². The Morgan fingerprint density at radius 1 is 1.02 bits per heavy atom. The van der Waals surface area contributed by atoms with Gasteiger partial charge in [-0.3, -0.25) is 4.79 Å². The van der Waals surface area contributed by atoms with Crippen LogP contribution < -0.4 is 19.5 Å². The molecule has 1 saturated carbocycles. The molecule has 2 heterocycles. The van der Waals surface area contributed by atoms with E-state index in [1.165, 1.54) is 0 Å². The quantitative estimate of drug-likeness (QED) is 0.338. The standard InChI is InChI=1S/C33H45N3O7/c1-22(2)35(32(37)24-11-10-23(3)30(16-24)40-15-7-14-39-4)19-25-17-34-18-26(25)20-36(27-12-13-27)33(38)43-31-21-41-28-8-5-6-9-29(28)42-31/h5-6,8-11,16,22,25-27,31,34H,7,12-15,17-21H2,1-4H3/t25-,26-,31-/m0/s1. The van der Waals surface area contributed by atoms with Crippen molar-refractivity contribution in [2.24, 2.45) is 11.8 Å². The highest BCUT2D eigenvalue weighted by Gasteiger charge is 2.40. The summed E-state index contributed by atoms with van der Waals surface area (Å²) in [6, 6.07) is 13.2. The van der Waals surface area contributed by atoms with Crippen molar-refractivity contribution in [3.63, 3.8) is 0 Å². The molecule has 1 N–H and O–H groups in total. The molecule has 10 heteroatoms. The van der Waals surface area contributed by atoms with Gasteiger partial charge in [-0.1, -0.05) is 18.2 Å². The fraction of sp³-hybridized carbons (Fsp3) is 0.576. The number of hydrogen-bond donors (Lipinski definition) is 1. The molecule has 0 bridgehead atoms. The van der Waals surface area contributed by atoms with Gasteiger partial charge in [0.05, 0.1) is 6.61 Å². The number of carbonyl (C=O) groups excluding carboxylic acids is 2. The number of aryl methyl sites for hydroxylation is 1. The Labute approximate surface area is 254 Å². The highest BCUT2D eigenvalue weighted by atomic mass is 16.7. The summed E-state index contributed by atoms with van der Waals surface area (Å²) in [5.74, 6) is 2.30. The first-order valence-electron chi connectivity index (χ1n) is 15.4. The highest BCUT2D eigenvalue weighted by Crippen LogP contribution is 2.34. The van der Waals surface area contributed by atoms with Gasteiger partial charge in [0.25, 0.3) is 12.2 Å². The number of methoxy groups -OCH3 is 1. The lowest BCUT2D eigenvalue weighted by Crippen LogP contribution is -2.46. The molecule has 0 aromatic heterocycles. The Bertz CT molecular complexity index is 1250. The SMILES string of the molecule is COCCCOc1cc(C(=O)N(C[C@@H]2CNC[C@H]2CN(C(=O)O[C@H]2COc3ccccc3O2)C2CC2)C(C)C)ccc1C. The third kappa shape index (κ3) is 7.92. The van der Waals surface area contributed by atoms with Crippen molar-refractivity contribution in [3.8, 4) is 17.2 Å². The predicted molar refractivity (Wildman–Crippen MR) is 162 cm³/mol. The average molecular weight is 596 g/mol. The number of nitrogens with zero attached hydrogens (tertiary/aromatic N) is 2. The number of benzene rings is 2. The van der Waals surface area contributed by atoms with Crippen molar-refractivity contribution >= 4 is 12.0 Å². The Kier molecular flexibility index (Phi) is 10.3. The molecule has 10 nitrogen and oxygen atoms in total. The molecule has 1 saturated heterocycles. The van der Waals surface area contributed by atoms with Crippen LogP contribution >= 0.6 is 0 Å². The molecule has 1 aliphatic carbocycles. The van der Waals surface area contributed by atoms with Crippen LogP contribution in [-0.4, -0.2) is 93.3 Å². The molecule has 2 aromatic carbocycles. The van der Waals surface area contributed by atoms with Crippen LogP contribution in [0.1, 0.15) is 49.0 Å². The summed E-state index contributed by atoms with van der Waals surface area (Å²) in [5.41, 5.74) is 1.61. The van der Waals surface area contributed by atoms with E-state index in [1.807, 2.05) is 67.0 Å². The number of nitrogens with one attached hydrogen (secondary N) is 1. The van der Waals surface area contributed by atoms with Crippen molar-refractivity contribution in [2.45, 2.75) is 58.4 Å². The number of carbonyl (C=O) groups is 2. The number of hydrogen-bond acceptors (Lipinski definition) is 8. The first-order chi connectivity index (χ1) is 20.8. The van der Waals surface area contributed by atoms with Gasteiger partial charge in [-0.05, 0) is 75.3 Å². The van der Waals surface area contributed by atoms with E-state index in [0.717, 1.165) is 43.7 Å². The normalized spacial score (nSPS) is 21.0. The second-order valence-electron chi connectivity index (χ2n) is 12.0. The summed E-state index contributed by atoms with van der Waals surface area (Å²) < 4.78 is 28.5.